The summed E-state index contributed by atoms with van der Waals surface area (Å²) >= 11 is 0. The first-order valence-corrected chi connectivity index (χ1v) is 10.6. The van der Waals surface area contributed by atoms with Crippen molar-refractivity contribution >= 4 is 35.8 Å². The summed E-state index contributed by atoms with van der Waals surface area (Å²) in [5.74, 6) is 1.61. The van der Waals surface area contributed by atoms with Crippen LogP contribution in [-0.2, 0) is 11.3 Å². The van der Waals surface area contributed by atoms with Crippen LogP contribution in [-0.4, -0.2) is 72.5 Å². The quantitative estimate of drug-likeness (QED) is 0.334. The van der Waals surface area contributed by atoms with Gasteiger partial charge in [0.2, 0.25) is 11.8 Å². The standard InChI is InChI=1S/C22H30N6O2.HI/c1-16-3-5-17(6-4-16)21-26-19(15-30-21)13-24-22(23-2)28-11-9-27(10-12-28)14-20(29)25-18-7-8-18;/h3-6,15,18H,7-14H2,1-2H3,(H,23,24)(H,25,29);1H. The molecule has 1 saturated carbocycles. The average Bonchev–Trinajstić information content (AvgIpc) is 3.43. The number of guanidine groups is 1. The Hall–Kier alpha value is -2.14. The molecule has 8 nitrogen and oxygen atoms in total. The Balaban J connectivity index is 0.00000272. The van der Waals surface area contributed by atoms with E-state index in [0.29, 0.717) is 25.0 Å². The number of carbonyl (C=O) groups is 1. The molecule has 0 bridgehead atoms. The van der Waals surface area contributed by atoms with E-state index in [4.69, 9.17) is 4.42 Å². The SMILES string of the molecule is CN=C(NCc1coc(-c2ccc(C)cc2)n1)N1CCN(CC(=O)NC2CC2)CC1.I. The summed E-state index contributed by atoms with van der Waals surface area (Å²) < 4.78 is 5.64. The molecule has 0 spiro atoms. The molecule has 1 aromatic heterocycles. The van der Waals surface area contributed by atoms with E-state index in [0.717, 1.165) is 56.2 Å². The first-order chi connectivity index (χ1) is 14.6. The Morgan fingerprint density at radius 1 is 1.19 bits per heavy atom. The number of piperazine rings is 1. The number of benzene rings is 1. The number of carbonyl (C=O) groups excluding carboxylic acids is 1. The van der Waals surface area contributed by atoms with E-state index < -0.39 is 0 Å². The summed E-state index contributed by atoms with van der Waals surface area (Å²) in [4.78, 5) is 25.4. The molecular formula is C22H31IN6O2. The molecule has 0 unspecified atom stereocenters. The number of halogens is 1. The lowest BCUT2D eigenvalue weighted by molar-refractivity contribution is -0.122. The summed E-state index contributed by atoms with van der Waals surface area (Å²) in [6.45, 7) is 6.46. The highest BCUT2D eigenvalue weighted by Gasteiger charge is 2.26. The minimum atomic E-state index is 0. The minimum absolute atomic E-state index is 0. The van der Waals surface area contributed by atoms with Gasteiger partial charge in [-0.3, -0.25) is 14.7 Å². The molecule has 1 aromatic carbocycles. The topological polar surface area (TPSA) is 86.0 Å². The van der Waals surface area contributed by atoms with Gasteiger partial charge in [-0.2, -0.15) is 0 Å². The van der Waals surface area contributed by atoms with Crippen molar-refractivity contribution in [2.45, 2.75) is 32.4 Å². The number of nitrogens with zero attached hydrogens (tertiary/aromatic N) is 4. The van der Waals surface area contributed by atoms with E-state index in [1.165, 1.54) is 5.56 Å². The van der Waals surface area contributed by atoms with Crippen molar-refractivity contribution in [2.75, 3.05) is 39.8 Å². The lowest BCUT2D eigenvalue weighted by Gasteiger charge is -2.36. The van der Waals surface area contributed by atoms with Crippen molar-refractivity contribution in [3.63, 3.8) is 0 Å². The third-order valence-corrected chi connectivity index (χ3v) is 5.47. The van der Waals surface area contributed by atoms with Gasteiger partial charge in [-0.15, -0.1) is 24.0 Å². The van der Waals surface area contributed by atoms with Gasteiger partial charge in [0, 0.05) is 44.8 Å². The van der Waals surface area contributed by atoms with E-state index in [2.05, 4.69) is 49.5 Å². The Bertz CT molecular complexity index is 886. The van der Waals surface area contributed by atoms with Crippen molar-refractivity contribution in [3.05, 3.63) is 41.8 Å². The van der Waals surface area contributed by atoms with E-state index >= 15 is 0 Å². The van der Waals surface area contributed by atoms with Crippen LogP contribution in [0, 0.1) is 6.92 Å². The smallest absolute Gasteiger partial charge is 0.234 e. The molecule has 168 valence electrons. The Morgan fingerprint density at radius 2 is 1.90 bits per heavy atom. The fraction of sp³-hybridized carbons (Fsp3) is 0.500. The van der Waals surface area contributed by atoms with Crippen molar-refractivity contribution in [1.29, 1.82) is 0 Å². The third-order valence-electron chi connectivity index (χ3n) is 5.47. The van der Waals surface area contributed by atoms with E-state index in [1.54, 1.807) is 13.3 Å². The van der Waals surface area contributed by atoms with E-state index in [1.807, 2.05) is 12.1 Å². The van der Waals surface area contributed by atoms with Gasteiger partial charge < -0.3 is 20.0 Å². The molecule has 31 heavy (non-hydrogen) atoms. The van der Waals surface area contributed by atoms with Crippen molar-refractivity contribution < 1.29 is 9.21 Å². The zero-order chi connectivity index (χ0) is 20.9. The number of aliphatic imine (C=N–C) groups is 1. The monoisotopic (exact) mass is 538 g/mol. The van der Waals surface area contributed by atoms with E-state index in [-0.39, 0.29) is 29.9 Å². The second-order valence-electron chi connectivity index (χ2n) is 8.02. The second kappa shape index (κ2) is 10.9. The van der Waals surface area contributed by atoms with Crippen LogP contribution in [0.1, 0.15) is 24.1 Å². The number of nitrogens with one attached hydrogen (secondary N) is 2. The summed E-state index contributed by atoms with van der Waals surface area (Å²) in [5, 5.41) is 6.43. The average molecular weight is 538 g/mol. The number of aromatic nitrogens is 1. The highest BCUT2D eigenvalue weighted by atomic mass is 127. The fourth-order valence-corrected chi connectivity index (χ4v) is 3.54. The fourth-order valence-electron chi connectivity index (χ4n) is 3.54. The first kappa shape index (κ1) is 23.5. The highest BCUT2D eigenvalue weighted by molar-refractivity contribution is 14.0. The maximum atomic E-state index is 12.0. The Morgan fingerprint density at radius 3 is 2.55 bits per heavy atom. The molecule has 9 heteroatoms. The van der Waals surface area contributed by atoms with Crippen LogP contribution in [0.4, 0.5) is 0 Å². The van der Waals surface area contributed by atoms with Gasteiger partial charge in [0.25, 0.3) is 0 Å². The van der Waals surface area contributed by atoms with Crippen LogP contribution >= 0.6 is 24.0 Å². The van der Waals surface area contributed by atoms with Gasteiger partial charge in [-0.1, -0.05) is 17.7 Å². The number of hydrogen-bond acceptors (Lipinski definition) is 5. The largest absolute Gasteiger partial charge is 0.444 e. The maximum absolute atomic E-state index is 12.0. The molecule has 2 N–H and O–H groups in total. The lowest BCUT2D eigenvalue weighted by Crippen LogP contribution is -2.54. The number of aryl methyl sites for hydroxylation is 1. The van der Waals surface area contributed by atoms with Crippen LogP contribution in [0.15, 0.2) is 39.9 Å². The lowest BCUT2D eigenvalue weighted by atomic mass is 10.1. The molecule has 0 radical (unpaired) electrons. The van der Waals surface area contributed by atoms with Gasteiger partial charge in [0.15, 0.2) is 5.96 Å². The molecular weight excluding hydrogens is 507 g/mol. The molecule has 2 fully saturated rings. The summed E-state index contributed by atoms with van der Waals surface area (Å²) in [7, 11) is 1.79. The zero-order valence-corrected chi connectivity index (χ0v) is 20.5. The van der Waals surface area contributed by atoms with Crippen LogP contribution in [0.2, 0.25) is 0 Å². The summed E-state index contributed by atoms with van der Waals surface area (Å²) in [5.41, 5.74) is 3.01. The maximum Gasteiger partial charge on any atom is 0.234 e. The molecule has 1 aliphatic heterocycles. The predicted octanol–water partition coefficient (Wildman–Crippen LogP) is 2.24. The molecule has 0 atom stereocenters. The van der Waals surface area contributed by atoms with Crippen LogP contribution < -0.4 is 10.6 Å². The number of oxazole rings is 1. The molecule has 1 aliphatic carbocycles. The van der Waals surface area contributed by atoms with Gasteiger partial charge >= 0.3 is 0 Å². The van der Waals surface area contributed by atoms with Crippen molar-refractivity contribution in [3.8, 4) is 11.5 Å². The second-order valence-corrected chi connectivity index (χ2v) is 8.02. The summed E-state index contributed by atoms with van der Waals surface area (Å²) in [6.07, 6.45) is 3.94. The normalized spacial score (nSPS) is 17.2. The molecule has 2 aliphatic rings. The molecule has 2 heterocycles. The predicted molar refractivity (Wildman–Crippen MR) is 131 cm³/mol. The number of hydrogen-bond donors (Lipinski definition) is 2. The van der Waals surface area contributed by atoms with Crippen LogP contribution in [0.25, 0.3) is 11.5 Å². The Labute approximate surface area is 200 Å². The number of rotatable bonds is 6. The van der Waals surface area contributed by atoms with Gasteiger partial charge in [-0.25, -0.2) is 4.98 Å². The zero-order valence-electron chi connectivity index (χ0n) is 18.1. The van der Waals surface area contributed by atoms with E-state index in [9.17, 15) is 4.79 Å². The third kappa shape index (κ3) is 6.67. The Kier molecular flexibility index (Phi) is 8.30. The van der Waals surface area contributed by atoms with Gasteiger partial charge in [-0.05, 0) is 31.9 Å². The van der Waals surface area contributed by atoms with Crippen molar-refractivity contribution in [1.82, 2.24) is 25.4 Å². The van der Waals surface area contributed by atoms with Crippen molar-refractivity contribution in [2.24, 2.45) is 4.99 Å². The molecule has 1 saturated heterocycles. The summed E-state index contributed by atoms with van der Waals surface area (Å²) in [6, 6.07) is 8.55. The van der Waals surface area contributed by atoms with Crippen LogP contribution in [0.3, 0.4) is 0 Å². The first-order valence-electron chi connectivity index (χ1n) is 10.6. The highest BCUT2D eigenvalue weighted by Crippen LogP contribution is 2.19. The number of amides is 1. The molecule has 1 amide bonds. The van der Waals surface area contributed by atoms with Gasteiger partial charge in [0.1, 0.15) is 6.26 Å². The minimum Gasteiger partial charge on any atom is -0.444 e. The molecule has 2 aromatic rings. The van der Waals surface area contributed by atoms with Gasteiger partial charge in [0.05, 0.1) is 18.8 Å². The molecule has 4 rings (SSSR count). The van der Waals surface area contributed by atoms with Crippen LogP contribution in [0.5, 0.6) is 0 Å².